The van der Waals surface area contributed by atoms with E-state index >= 15 is 0 Å². The molecule has 1 heteroatoms. The van der Waals surface area contributed by atoms with Gasteiger partial charge in [0.15, 0.2) is 0 Å². The number of benzene rings is 5. The lowest BCUT2D eigenvalue weighted by molar-refractivity contribution is 1.51. The first-order valence-corrected chi connectivity index (χ1v) is 8.03. The molecule has 0 fully saturated rings. The fourth-order valence-electron chi connectivity index (χ4n) is 3.86. The van der Waals surface area contributed by atoms with Crippen LogP contribution < -0.4 is 0 Å². The molecule has 0 heterocycles. The fraction of sp³-hybridized carbons (Fsp3) is 0. The van der Waals surface area contributed by atoms with Crippen LogP contribution in [0.1, 0.15) is 5.56 Å². The van der Waals surface area contributed by atoms with E-state index in [-0.39, 0.29) is 0 Å². The van der Waals surface area contributed by atoms with Crippen LogP contribution in [0.15, 0.2) is 78.9 Å². The highest BCUT2D eigenvalue weighted by Crippen LogP contribution is 2.39. The molecule has 0 saturated carbocycles. The Bertz CT molecular complexity index is 1310. The first kappa shape index (κ1) is 13.1. The Morgan fingerprint density at radius 3 is 1.50 bits per heavy atom. The summed E-state index contributed by atoms with van der Waals surface area (Å²) in [5, 5.41) is 19.1. The number of hydrogen-bond donors (Lipinski definition) is 0. The first-order chi connectivity index (χ1) is 11.9. The lowest BCUT2D eigenvalue weighted by atomic mass is 9.89. The summed E-state index contributed by atoms with van der Waals surface area (Å²) in [6, 6.07) is 29.6. The van der Waals surface area contributed by atoms with Crippen LogP contribution in [0.3, 0.4) is 0 Å². The Morgan fingerprint density at radius 2 is 0.917 bits per heavy atom. The maximum absolute atomic E-state index is 9.63. The lowest BCUT2D eigenvalue weighted by Crippen LogP contribution is -1.87. The number of fused-ring (bicyclic) bond motifs is 8. The molecular weight excluding hydrogens is 290 g/mol. The zero-order valence-electron chi connectivity index (χ0n) is 13.0. The summed E-state index contributed by atoms with van der Waals surface area (Å²) in [4.78, 5) is 0. The maximum atomic E-state index is 9.63. The average Bonchev–Trinajstić information content (AvgIpc) is 2.67. The molecule has 5 rings (SSSR count). The zero-order valence-corrected chi connectivity index (χ0v) is 13.0. The van der Waals surface area contributed by atoms with E-state index in [9.17, 15) is 5.26 Å². The Kier molecular flexibility index (Phi) is 2.63. The van der Waals surface area contributed by atoms with E-state index in [1.807, 2.05) is 24.3 Å². The molecule has 24 heavy (non-hydrogen) atoms. The Morgan fingerprint density at radius 1 is 0.500 bits per heavy atom. The smallest absolute Gasteiger partial charge is 0.0998 e. The lowest BCUT2D eigenvalue weighted by Gasteiger charge is -2.13. The summed E-state index contributed by atoms with van der Waals surface area (Å²) in [5.41, 5.74) is 0.735. The van der Waals surface area contributed by atoms with Crippen LogP contribution in [0, 0.1) is 11.3 Å². The minimum atomic E-state index is 0.735. The van der Waals surface area contributed by atoms with Crippen LogP contribution in [0.25, 0.3) is 43.1 Å². The molecule has 0 spiro atoms. The predicted molar refractivity (Wildman–Crippen MR) is 101 cm³/mol. The number of nitriles is 1. The highest BCUT2D eigenvalue weighted by molar-refractivity contribution is 6.31. The van der Waals surface area contributed by atoms with Crippen molar-refractivity contribution in [2.45, 2.75) is 0 Å². The van der Waals surface area contributed by atoms with Crippen molar-refractivity contribution in [1.29, 1.82) is 5.26 Å². The van der Waals surface area contributed by atoms with E-state index in [1.54, 1.807) is 0 Å². The monoisotopic (exact) mass is 303 g/mol. The van der Waals surface area contributed by atoms with Gasteiger partial charge in [0.25, 0.3) is 0 Å². The molecule has 0 amide bonds. The summed E-state index contributed by atoms with van der Waals surface area (Å²) in [5.74, 6) is 0. The van der Waals surface area contributed by atoms with Crippen LogP contribution in [0.2, 0.25) is 0 Å². The molecule has 0 atom stereocenters. The van der Waals surface area contributed by atoms with E-state index < -0.39 is 0 Å². The molecule has 0 saturated heterocycles. The Balaban J connectivity index is 2.25. The summed E-state index contributed by atoms with van der Waals surface area (Å²) >= 11 is 0. The molecular formula is C23H13N. The summed E-state index contributed by atoms with van der Waals surface area (Å²) < 4.78 is 0. The van der Waals surface area contributed by atoms with Crippen LogP contribution in [0.5, 0.6) is 0 Å². The molecule has 0 N–H and O–H groups in total. The van der Waals surface area contributed by atoms with Gasteiger partial charge in [-0.1, -0.05) is 72.8 Å². The van der Waals surface area contributed by atoms with Crippen molar-refractivity contribution < 1.29 is 0 Å². The standard InChI is InChI=1S/C23H13N/c24-14-15-13-22-19-10-3-2-8-17(19)18-9-4-6-12-21(18)23(22)20-11-5-1-7-16(15)20/h1-13H. The van der Waals surface area contributed by atoms with Gasteiger partial charge in [-0.3, -0.25) is 0 Å². The van der Waals surface area contributed by atoms with Crippen molar-refractivity contribution in [3.05, 3.63) is 84.4 Å². The highest BCUT2D eigenvalue weighted by Gasteiger charge is 2.13. The van der Waals surface area contributed by atoms with E-state index in [0.29, 0.717) is 0 Å². The summed E-state index contributed by atoms with van der Waals surface area (Å²) in [6.07, 6.45) is 0. The van der Waals surface area contributed by atoms with Gasteiger partial charge in [-0.25, -0.2) is 0 Å². The molecule has 1 nitrogen and oxygen atoms in total. The van der Waals surface area contributed by atoms with Crippen molar-refractivity contribution in [1.82, 2.24) is 0 Å². The van der Waals surface area contributed by atoms with Crippen molar-refractivity contribution >= 4 is 43.1 Å². The maximum Gasteiger partial charge on any atom is 0.0998 e. The van der Waals surface area contributed by atoms with Crippen LogP contribution in [0.4, 0.5) is 0 Å². The van der Waals surface area contributed by atoms with Gasteiger partial charge in [0.05, 0.1) is 11.6 Å². The van der Waals surface area contributed by atoms with E-state index in [0.717, 1.165) is 21.7 Å². The van der Waals surface area contributed by atoms with Gasteiger partial charge in [-0.05, 0) is 43.8 Å². The van der Waals surface area contributed by atoms with Crippen molar-refractivity contribution in [3.8, 4) is 6.07 Å². The Labute approximate surface area is 139 Å². The highest BCUT2D eigenvalue weighted by atomic mass is 14.2. The zero-order chi connectivity index (χ0) is 16.1. The third-order valence-corrected chi connectivity index (χ3v) is 4.87. The van der Waals surface area contributed by atoms with Gasteiger partial charge in [0.1, 0.15) is 0 Å². The van der Waals surface area contributed by atoms with Gasteiger partial charge in [0, 0.05) is 5.39 Å². The van der Waals surface area contributed by atoms with E-state index in [1.165, 1.54) is 26.9 Å². The second-order valence-corrected chi connectivity index (χ2v) is 6.10. The van der Waals surface area contributed by atoms with Crippen molar-refractivity contribution in [2.24, 2.45) is 0 Å². The average molecular weight is 303 g/mol. The summed E-state index contributed by atoms with van der Waals surface area (Å²) in [7, 11) is 0. The van der Waals surface area contributed by atoms with E-state index in [2.05, 4.69) is 60.7 Å². The SMILES string of the molecule is N#Cc1cc2c3ccccc3c3ccccc3c2c2ccccc12. The Hall–Kier alpha value is -3.37. The van der Waals surface area contributed by atoms with E-state index in [4.69, 9.17) is 0 Å². The van der Waals surface area contributed by atoms with Crippen LogP contribution >= 0.6 is 0 Å². The summed E-state index contributed by atoms with van der Waals surface area (Å²) in [6.45, 7) is 0. The molecule has 0 aliphatic carbocycles. The molecule has 0 unspecified atom stereocenters. The second-order valence-electron chi connectivity index (χ2n) is 6.10. The van der Waals surface area contributed by atoms with Crippen LogP contribution in [-0.2, 0) is 0 Å². The van der Waals surface area contributed by atoms with Gasteiger partial charge in [-0.2, -0.15) is 5.26 Å². The minimum absolute atomic E-state index is 0.735. The largest absolute Gasteiger partial charge is 0.192 e. The third-order valence-electron chi connectivity index (χ3n) is 4.87. The molecule has 0 bridgehead atoms. The quantitative estimate of drug-likeness (QED) is 0.314. The van der Waals surface area contributed by atoms with Gasteiger partial charge in [0.2, 0.25) is 0 Å². The third kappa shape index (κ3) is 1.63. The molecule has 110 valence electrons. The normalized spacial score (nSPS) is 11.3. The molecule has 0 aromatic heterocycles. The first-order valence-electron chi connectivity index (χ1n) is 8.03. The topological polar surface area (TPSA) is 23.8 Å². The number of nitrogens with zero attached hydrogens (tertiary/aromatic N) is 1. The van der Waals surface area contributed by atoms with Gasteiger partial charge >= 0.3 is 0 Å². The predicted octanol–water partition coefficient (Wildman–Crippen LogP) is 6.17. The number of rotatable bonds is 0. The van der Waals surface area contributed by atoms with Crippen LogP contribution in [-0.4, -0.2) is 0 Å². The minimum Gasteiger partial charge on any atom is -0.192 e. The van der Waals surface area contributed by atoms with Crippen molar-refractivity contribution in [3.63, 3.8) is 0 Å². The molecule has 0 aliphatic rings. The number of hydrogen-bond acceptors (Lipinski definition) is 1. The van der Waals surface area contributed by atoms with Crippen molar-refractivity contribution in [2.75, 3.05) is 0 Å². The van der Waals surface area contributed by atoms with Gasteiger partial charge < -0.3 is 0 Å². The van der Waals surface area contributed by atoms with Gasteiger partial charge in [-0.15, -0.1) is 0 Å². The molecule has 5 aromatic rings. The molecule has 5 aromatic carbocycles. The second kappa shape index (κ2) is 4.81. The fourth-order valence-corrected chi connectivity index (χ4v) is 3.86. The molecule has 0 aliphatic heterocycles. The molecule has 0 radical (unpaired) electrons.